The number of nitrogens with zero attached hydrogens (tertiary/aromatic N) is 1. The number of aliphatic hydroxyl groups is 1. The summed E-state index contributed by atoms with van der Waals surface area (Å²) in [6.45, 7) is 9.17. The van der Waals surface area contributed by atoms with Gasteiger partial charge in [0.15, 0.2) is 5.96 Å². The highest BCUT2D eigenvalue weighted by Gasteiger charge is 2.26. The van der Waals surface area contributed by atoms with Gasteiger partial charge in [-0.25, -0.2) is 4.79 Å². The zero-order chi connectivity index (χ0) is 19.9. The van der Waals surface area contributed by atoms with Crippen LogP contribution in [0.5, 0.6) is 0 Å². The summed E-state index contributed by atoms with van der Waals surface area (Å²) in [4.78, 5) is 16.6. The zero-order valence-corrected chi connectivity index (χ0v) is 17.4. The number of aliphatic imine (C=N–C) groups is 1. The second kappa shape index (κ2) is 10.2. The van der Waals surface area contributed by atoms with Crippen LogP contribution in [0.15, 0.2) is 4.99 Å². The number of carbonyl (C=O) groups excluding carboxylic acids is 1. The number of amides is 1. The summed E-state index contributed by atoms with van der Waals surface area (Å²) in [6, 6.07) is 0.527. The molecule has 0 saturated heterocycles. The highest BCUT2D eigenvalue weighted by molar-refractivity contribution is 5.80. The fourth-order valence-corrected chi connectivity index (χ4v) is 3.81. The van der Waals surface area contributed by atoms with Gasteiger partial charge in [0, 0.05) is 31.1 Å². The van der Waals surface area contributed by atoms with Crippen molar-refractivity contribution in [1.29, 1.82) is 0 Å². The summed E-state index contributed by atoms with van der Waals surface area (Å²) in [5.41, 5.74) is -0.465. The Labute approximate surface area is 163 Å². The van der Waals surface area contributed by atoms with Crippen LogP contribution >= 0.6 is 0 Å². The van der Waals surface area contributed by atoms with Gasteiger partial charge in [-0.1, -0.05) is 6.42 Å². The molecule has 7 heteroatoms. The summed E-state index contributed by atoms with van der Waals surface area (Å²) >= 11 is 0. The maximum Gasteiger partial charge on any atom is 0.407 e. The number of guanidine groups is 1. The van der Waals surface area contributed by atoms with Crippen LogP contribution in [0.3, 0.4) is 0 Å². The first-order chi connectivity index (χ1) is 12.8. The van der Waals surface area contributed by atoms with Gasteiger partial charge in [-0.05, 0) is 66.2 Å². The summed E-state index contributed by atoms with van der Waals surface area (Å²) in [5, 5.41) is 19.8. The van der Waals surface area contributed by atoms with Crippen molar-refractivity contribution in [3.8, 4) is 0 Å². The molecule has 2 atom stereocenters. The van der Waals surface area contributed by atoms with E-state index in [-0.39, 0.29) is 24.2 Å². The lowest BCUT2D eigenvalue weighted by Gasteiger charge is -2.31. The molecule has 2 aliphatic carbocycles. The molecule has 7 nitrogen and oxygen atoms in total. The first-order valence-electron chi connectivity index (χ1n) is 10.5. The lowest BCUT2D eigenvalue weighted by atomic mass is 9.91. The van der Waals surface area contributed by atoms with E-state index < -0.39 is 5.60 Å². The van der Waals surface area contributed by atoms with E-state index in [1.54, 1.807) is 0 Å². The highest BCUT2D eigenvalue weighted by atomic mass is 16.6. The van der Waals surface area contributed by atoms with Crippen molar-refractivity contribution >= 4 is 12.1 Å². The predicted molar refractivity (Wildman–Crippen MR) is 108 cm³/mol. The van der Waals surface area contributed by atoms with Crippen molar-refractivity contribution in [3.63, 3.8) is 0 Å². The molecule has 1 amide bonds. The highest BCUT2D eigenvalue weighted by Crippen LogP contribution is 2.25. The van der Waals surface area contributed by atoms with Crippen molar-refractivity contribution in [2.45, 2.75) is 96.4 Å². The van der Waals surface area contributed by atoms with E-state index >= 15 is 0 Å². The fraction of sp³-hybridized carbons (Fsp3) is 0.900. The normalized spacial score (nSPS) is 29.3. The molecule has 0 bridgehead atoms. The van der Waals surface area contributed by atoms with Crippen molar-refractivity contribution in [2.75, 3.05) is 13.1 Å². The van der Waals surface area contributed by atoms with Crippen LogP contribution in [0.4, 0.5) is 4.79 Å². The molecule has 0 aromatic carbocycles. The minimum Gasteiger partial charge on any atom is -0.444 e. The SMILES string of the molecule is CCNC(=NCC1CCCC1O)NC1CCC(NC(=O)OC(C)(C)C)CC1. The Hall–Kier alpha value is -1.50. The first kappa shape index (κ1) is 21.8. The molecule has 4 N–H and O–H groups in total. The van der Waals surface area contributed by atoms with E-state index in [4.69, 9.17) is 9.73 Å². The maximum atomic E-state index is 11.9. The minimum atomic E-state index is -0.465. The lowest BCUT2D eigenvalue weighted by molar-refractivity contribution is 0.0490. The smallest absolute Gasteiger partial charge is 0.407 e. The molecule has 2 saturated carbocycles. The Morgan fingerprint density at radius 3 is 2.22 bits per heavy atom. The van der Waals surface area contributed by atoms with Crippen LogP contribution in [-0.4, -0.2) is 54.0 Å². The third kappa shape index (κ3) is 7.95. The van der Waals surface area contributed by atoms with Gasteiger partial charge in [0.05, 0.1) is 6.10 Å². The number of hydrogen-bond donors (Lipinski definition) is 4. The van der Waals surface area contributed by atoms with E-state index in [2.05, 4.69) is 22.9 Å². The van der Waals surface area contributed by atoms with E-state index in [0.29, 0.717) is 12.6 Å². The molecule has 0 radical (unpaired) electrons. The molecule has 2 unspecified atom stereocenters. The topological polar surface area (TPSA) is 95.0 Å². The number of carbonyl (C=O) groups is 1. The quantitative estimate of drug-likeness (QED) is 0.433. The van der Waals surface area contributed by atoms with Gasteiger partial charge in [0.2, 0.25) is 0 Å². The molecule has 2 rings (SSSR count). The van der Waals surface area contributed by atoms with Crippen LogP contribution in [0.2, 0.25) is 0 Å². The summed E-state index contributed by atoms with van der Waals surface area (Å²) in [6.07, 6.45) is 6.35. The number of ether oxygens (including phenoxy) is 1. The summed E-state index contributed by atoms with van der Waals surface area (Å²) in [5.74, 6) is 1.12. The van der Waals surface area contributed by atoms with Crippen LogP contribution in [-0.2, 0) is 4.74 Å². The standard InChI is InChI=1S/C20H38N4O3/c1-5-21-18(22-13-14-7-6-8-17(14)25)23-15-9-11-16(12-10-15)24-19(26)27-20(2,3)4/h14-17,25H,5-13H2,1-4H3,(H,24,26)(H2,21,22,23). The Kier molecular flexibility index (Phi) is 8.20. The monoisotopic (exact) mass is 382 g/mol. The molecule has 156 valence electrons. The van der Waals surface area contributed by atoms with Crippen molar-refractivity contribution in [1.82, 2.24) is 16.0 Å². The van der Waals surface area contributed by atoms with Crippen LogP contribution in [0, 0.1) is 5.92 Å². The molecule has 2 aliphatic rings. The summed E-state index contributed by atoms with van der Waals surface area (Å²) in [7, 11) is 0. The van der Waals surface area contributed by atoms with Crippen molar-refractivity contribution in [3.05, 3.63) is 0 Å². The van der Waals surface area contributed by atoms with Crippen LogP contribution in [0.1, 0.15) is 72.6 Å². The van der Waals surface area contributed by atoms with Gasteiger partial charge in [-0.2, -0.15) is 0 Å². The third-order valence-corrected chi connectivity index (χ3v) is 5.24. The molecule has 27 heavy (non-hydrogen) atoms. The van der Waals surface area contributed by atoms with Gasteiger partial charge in [0.1, 0.15) is 5.60 Å². The van der Waals surface area contributed by atoms with Gasteiger partial charge < -0.3 is 25.8 Å². The maximum absolute atomic E-state index is 11.9. The van der Waals surface area contributed by atoms with Crippen molar-refractivity contribution < 1.29 is 14.6 Å². The average Bonchev–Trinajstić information content (AvgIpc) is 2.98. The molecule has 0 spiro atoms. The minimum absolute atomic E-state index is 0.172. The molecular formula is C20H38N4O3. The first-order valence-corrected chi connectivity index (χ1v) is 10.5. The second-order valence-electron chi connectivity index (χ2n) is 8.82. The predicted octanol–water partition coefficient (Wildman–Crippen LogP) is 2.54. The van der Waals surface area contributed by atoms with E-state index in [9.17, 15) is 9.90 Å². The number of hydrogen-bond acceptors (Lipinski definition) is 4. The third-order valence-electron chi connectivity index (χ3n) is 5.24. The molecule has 0 heterocycles. The van der Waals surface area contributed by atoms with Gasteiger partial charge >= 0.3 is 6.09 Å². The molecule has 0 aliphatic heterocycles. The van der Waals surface area contributed by atoms with Gasteiger partial charge in [0.25, 0.3) is 0 Å². The Bertz CT molecular complexity index is 496. The molecule has 2 fully saturated rings. The van der Waals surface area contributed by atoms with Gasteiger partial charge in [-0.15, -0.1) is 0 Å². The average molecular weight is 383 g/mol. The Morgan fingerprint density at radius 1 is 1.07 bits per heavy atom. The van der Waals surface area contributed by atoms with Gasteiger partial charge in [-0.3, -0.25) is 4.99 Å². The molecule has 0 aromatic heterocycles. The Morgan fingerprint density at radius 2 is 1.70 bits per heavy atom. The number of nitrogens with one attached hydrogen (secondary N) is 3. The largest absolute Gasteiger partial charge is 0.444 e. The number of rotatable bonds is 5. The number of alkyl carbamates (subject to hydrolysis) is 1. The van der Waals surface area contributed by atoms with Crippen LogP contribution < -0.4 is 16.0 Å². The fourth-order valence-electron chi connectivity index (χ4n) is 3.81. The van der Waals surface area contributed by atoms with Crippen molar-refractivity contribution in [2.24, 2.45) is 10.9 Å². The van der Waals surface area contributed by atoms with E-state index in [0.717, 1.165) is 57.5 Å². The lowest BCUT2D eigenvalue weighted by Crippen LogP contribution is -2.48. The summed E-state index contributed by atoms with van der Waals surface area (Å²) < 4.78 is 5.34. The van der Waals surface area contributed by atoms with Crippen LogP contribution in [0.25, 0.3) is 0 Å². The van der Waals surface area contributed by atoms with E-state index in [1.807, 2.05) is 20.8 Å². The second-order valence-corrected chi connectivity index (χ2v) is 8.82. The molecule has 0 aromatic rings. The Balaban J connectivity index is 1.75. The number of aliphatic hydroxyl groups excluding tert-OH is 1. The molecular weight excluding hydrogens is 344 g/mol. The van der Waals surface area contributed by atoms with E-state index in [1.165, 1.54) is 0 Å². The zero-order valence-electron chi connectivity index (χ0n) is 17.4.